The molecule has 1 fully saturated rings. The topological polar surface area (TPSA) is 134 Å². The lowest BCUT2D eigenvalue weighted by Crippen LogP contribution is -2.38. The number of morpholine rings is 1. The summed E-state index contributed by atoms with van der Waals surface area (Å²) in [7, 11) is -4.10. The smallest absolute Gasteiger partial charge is 0.462 e. The molecule has 12 heteroatoms. The largest absolute Gasteiger partial charge is 0.474 e. The summed E-state index contributed by atoms with van der Waals surface area (Å²) in [5.74, 6) is -0.775. The predicted octanol–water partition coefficient (Wildman–Crippen LogP) is 11.8. The summed E-state index contributed by atoms with van der Waals surface area (Å²) in [6, 6.07) is 1.96. The van der Waals surface area contributed by atoms with Crippen LogP contribution in [0.5, 0.6) is 0 Å². The van der Waals surface area contributed by atoms with Gasteiger partial charge in [-0.25, -0.2) is 4.57 Å². The molecule has 328 valence electrons. The zero-order valence-corrected chi connectivity index (χ0v) is 36.9. The molecule has 0 aliphatic carbocycles. The molecule has 0 radical (unpaired) electrons. The maximum atomic E-state index is 13.5. The molecule has 1 heterocycles. The SMILES string of the molecule is CCCCCCCCCCCCCCCC(=O)OCC(COP(=O)(OCCC#N)OCCN1CCOCC1)OC(=O)CCCCCCCCCCCCCCC. The summed E-state index contributed by atoms with van der Waals surface area (Å²) >= 11 is 0. The molecule has 1 rings (SSSR count). The summed E-state index contributed by atoms with van der Waals surface area (Å²) in [4.78, 5) is 27.7. The highest BCUT2D eigenvalue weighted by atomic mass is 31.2. The van der Waals surface area contributed by atoms with E-state index in [-0.39, 0.29) is 45.2 Å². The normalized spacial score (nSPS) is 14.9. The number of ether oxygens (including phenoxy) is 3. The van der Waals surface area contributed by atoms with Crippen LogP contribution in [0.2, 0.25) is 0 Å². The first-order valence-electron chi connectivity index (χ1n) is 23.0. The number of carbonyl (C=O) groups is 2. The van der Waals surface area contributed by atoms with Gasteiger partial charge in [0, 0.05) is 32.5 Å². The third kappa shape index (κ3) is 33.4. The summed E-state index contributed by atoms with van der Waals surface area (Å²) in [6.07, 6.45) is 31.2. The Bertz CT molecular complexity index is 1010. The molecule has 0 aromatic rings. The van der Waals surface area contributed by atoms with Crippen molar-refractivity contribution in [3.63, 3.8) is 0 Å². The molecule has 1 saturated heterocycles. The minimum atomic E-state index is -4.10. The zero-order valence-electron chi connectivity index (χ0n) is 36.0. The van der Waals surface area contributed by atoms with Crippen molar-refractivity contribution in [2.75, 3.05) is 59.3 Å². The zero-order chi connectivity index (χ0) is 40.6. The third-order valence-corrected chi connectivity index (χ3v) is 11.8. The van der Waals surface area contributed by atoms with Crippen LogP contribution >= 0.6 is 7.82 Å². The van der Waals surface area contributed by atoms with E-state index >= 15 is 0 Å². The Balaban J connectivity index is 2.49. The van der Waals surface area contributed by atoms with Crippen LogP contribution < -0.4 is 0 Å². The van der Waals surface area contributed by atoms with Gasteiger partial charge >= 0.3 is 19.8 Å². The van der Waals surface area contributed by atoms with E-state index in [1.807, 2.05) is 6.07 Å². The van der Waals surface area contributed by atoms with E-state index in [2.05, 4.69) is 18.7 Å². The van der Waals surface area contributed by atoms with Crippen molar-refractivity contribution >= 4 is 19.8 Å². The molecular weight excluding hydrogens is 731 g/mol. The van der Waals surface area contributed by atoms with Gasteiger partial charge in [-0.15, -0.1) is 0 Å². The number of nitrogens with zero attached hydrogens (tertiary/aromatic N) is 2. The molecule has 0 N–H and O–H groups in total. The monoisotopic (exact) mass is 815 g/mol. The number of esters is 2. The molecule has 2 atom stereocenters. The molecule has 0 spiro atoms. The molecule has 0 bridgehead atoms. The van der Waals surface area contributed by atoms with Crippen molar-refractivity contribution in [3.05, 3.63) is 0 Å². The van der Waals surface area contributed by atoms with Gasteiger partial charge in [-0.3, -0.25) is 28.1 Å². The van der Waals surface area contributed by atoms with E-state index in [9.17, 15) is 14.2 Å². The highest BCUT2D eigenvalue weighted by molar-refractivity contribution is 7.48. The average molecular weight is 815 g/mol. The molecule has 0 aromatic heterocycles. The van der Waals surface area contributed by atoms with Crippen LogP contribution in [-0.2, 0) is 41.9 Å². The van der Waals surface area contributed by atoms with Gasteiger partial charge in [0.05, 0.1) is 45.5 Å². The van der Waals surface area contributed by atoms with E-state index in [0.29, 0.717) is 32.6 Å². The number of rotatable bonds is 41. The first-order valence-corrected chi connectivity index (χ1v) is 24.4. The molecule has 0 aromatic carbocycles. The van der Waals surface area contributed by atoms with Crippen molar-refractivity contribution in [2.45, 2.75) is 206 Å². The minimum Gasteiger partial charge on any atom is -0.462 e. The van der Waals surface area contributed by atoms with Gasteiger partial charge in [0.15, 0.2) is 6.10 Å². The quantitative estimate of drug-likeness (QED) is 0.0332. The van der Waals surface area contributed by atoms with Crippen molar-refractivity contribution in [3.8, 4) is 6.07 Å². The standard InChI is InChI=1S/C44H83N2O9P/c1-3-5-7-9-11-13-15-17-19-21-23-25-27-30-43(47)51-40-42(55-44(48)31-28-26-24-22-20-18-16-14-12-10-8-6-4-2)41-54-56(49,52-36-29-32-45)53-39-35-46-33-37-50-38-34-46/h42H,3-31,33-41H2,1-2H3. The fraction of sp³-hybridized carbons (Fsp3) is 0.932. The Morgan fingerprint density at radius 3 is 1.50 bits per heavy atom. The molecule has 11 nitrogen and oxygen atoms in total. The molecule has 2 unspecified atom stereocenters. The van der Waals surface area contributed by atoms with Crippen LogP contribution in [0.25, 0.3) is 0 Å². The Labute approximate surface area is 342 Å². The second-order valence-electron chi connectivity index (χ2n) is 15.6. The number of phosphoric ester groups is 1. The Morgan fingerprint density at radius 2 is 1.04 bits per heavy atom. The van der Waals surface area contributed by atoms with Crippen molar-refractivity contribution in [2.24, 2.45) is 0 Å². The molecule has 1 aliphatic heterocycles. The van der Waals surface area contributed by atoms with Crippen molar-refractivity contribution in [1.82, 2.24) is 4.90 Å². The van der Waals surface area contributed by atoms with Gasteiger partial charge in [-0.1, -0.05) is 168 Å². The number of nitriles is 1. The van der Waals surface area contributed by atoms with Gasteiger partial charge in [0.2, 0.25) is 0 Å². The Hall–Kier alpha value is -1.54. The van der Waals surface area contributed by atoms with E-state index in [0.717, 1.165) is 45.2 Å². The maximum absolute atomic E-state index is 13.5. The lowest BCUT2D eigenvalue weighted by atomic mass is 10.0. The van der Waals surface area contributed by atoms with Crippen LogP contribution in [0.4, 0.5) is 0 Å². The fourth-order valence-electron chi connectivity index (χ4n) is 6.79. The summed E-state index contributed by atoms with van der Waals surface area (Å²) in [5.41, 5.74) is 0. The number of carbonyl (C=O) groups excluding carboxylic acids is 2. The number of hydrogen-bond acceptors (Lipinski definition) is 11. The maximum Gasteiger partial charge on any atom is 0.474 e. The van der Waals surface area contributed by atoms with Gasteiger partial charge in [0.1, 0.15) is 6.61 Å². The van der Waals surface area contributed by atoms with Gasteiger partial charge in [0.25, 0.3) is 0 Å². The van der Waals surface area contributed by atoms with E-state index in [1.54, 1.807) is 0 Å². The second kappa shape index (κ2) is 38.9. The van der Waals surface area contributed by atoms with Crippen LogP contribution in [0, 0.1) is 11.3 Å². The van der Waals surface area contributed by atoms with Gasteiger partial charge in [-0.2, -0.15) is 5.26 Å². The lowest BCUT2D eigenvalue weighted by molar-refractivity contribution is -0.161. The van der Waals surface area contributed by atoms with Gasteiger partial charge in [-0.05, 0) is 12.8 Å². The van der Waals surface area contributed by atoms with E-state index < -0.39 is 19.9 Å². The van der Waals surface area contributed by atoms with Gasteiger partial charge < -0.3 is 14.2 Å². The van der Waals surface area contributed by atoms with Crippen LogP contribution in [0.1, 0.15) is 200 Å². The highest BCUT2D eigenvalue weighted by Gasteiger charge is 2.30. The number of unbranched alkanes of at least 4 members (excludes halogenated alkanes) is 24. The summed E-state index contributed by atoms with van der Waals surface area (Å²) < 4.78 is 46.9. The van der Waals surface area contributed by atoms with Crippen LogP contribution in [0.3, 0.4) is 0 Å². The third-order valence-electron chi connectivity index (χ3n) is 10.3. The van der Waals surface area contributed by atoms with Crippen LogP contribution in [0.15, 0.2) is 0 Å². The molecule has 0 amide bonds. The van der Waals surface area contributed by atoms with E-state index in [1.165, 1.54) is 128 Å². The highest BCUT2D eigenvalue weighted by Crippen LogP contribution is 2.49. The molecule has 0 saturated carbocycles. The first kappa shape index (κ1) is 52.5. The molecule has 1 aliphatic rings. The molecular formula is C44H83N2O9P. The second-order valence-corrected chi connectivity index (χ2v) is 17.2. The first-order chi connectivity index (χ1) is 27.4. The Kier molecular flexibility index (Phi) is 36.5. The average Bonchev–Trinajstić information content (AvgIpc) is 3.20. The fourth-order valence-corrected chi connectivity index (χ4v) is 7.98. The number of phosphoric acid groups is 1. The molecule has 56 heavy (non-hydrogen) atoms. The predicted molar refractivity (Wildman–Crippen MR) is 224 cm³/mol. The van der Waals surface area contributed by atoms with Crippen LogP contribution in [-0.4, -0.2) is 82.2 Å². The summed E-state index contributed by atoms with van der Waals surface area (Å²) in [5, 5.41) is 8.99. The van der Waals surface area contributed by atoms with E-state index in [4.69, 9.17) is 33.0 Å². The summed E-state index contributed by atoms with van der Waals surface area (Å²) in [6.45, 7) is 7.13. The number of hydrogen-bond donors (Lipinski definition) is 0. The minimum absolute atomic E-state index is 0.00845. The van der Waals surface area contributed by atoms with Crippen molar-refractivity contribution in [1.29, 1.82) is 5.26 Å². The lowest BCUT2D eigenvalue weighted by Gasteiger charge is -2.27. The van der Waals surface area contributed by atoms with Crippen molar-refractivity contribution < 1.29 is 41.9 Å². The Morgan fingerprint density at radius 1 is 0.607 bits per heavy atom.